The van der Waals surface area contributed by atoms with E-state index in [-0.39, 0.29) is 43.2 Å². The van der Waals surface area contributed by atoms with Gasteiger partial charge in [-0.15, -0.1) is 11.3 Å². The van der Waals surface area contributed by atoms with Gasteiger partial charge in [0.15, 0.2) is 0 Å². The average Bonchev–Trinajstić information content (AvgIpc) is 3.21. The molecule has 0 unspecified atom stereocenters. The van der Waals surface area contributed by atoms with E-state index >= 15 is 0 Å². The monoisotopic (exact) mass is 534 g/mol. The van der Waals surface area contributed by atoms with Crippen LogP contribution in [0.5, 0.6) is 0 Å². The Labute approximate surface area is 214 Å². The highest BCUT2D eigenvalue weighted by molar-refractivity contribution is 7.89. The number of amides is 3. The zero-order valence-corrected chi connectivity index (χ0v) is 21.9. The Morgan fingerprint density at radius 3 is 2.42 bits per heavy atom. The van der Waals surface area contributed by atoms with Crippen molar-refractivity contribution >= 4 is 44.3 Å². The van der Waals surface area contributed by atoms with Gasteiger partial charge in [-0.1, -0.05) is 6.92 Å². The lowest BCUT2D eigenvalue weighted by Crippen LogP contribution is -2.50. The molecular weight excluding hydrogens is 504 g/mol. The molecule has 1 aliphatic heterocycles. The summed E-state index contributed by atoms with van der Waals surface area (Å²) in [5.74, 6) is -0.513. The lowest BCUT2D eigenvalue weighted by molar-refractivity contribution is 0.0933. The molecule has 12 heteroatoms. The molecule has 3 amide bonds. The predicted octanol–water partition coefficient (Wildman–Crippen LogP) is 2.69. The first-order chi connectivity index (χ1) is 17.1. The fraction of sp³-hybridized carbons (Fsp3) is 0.458. The second-order valence-corrected chi connectivity index (χ2v) is 12.0. The Morgan fingerprint density at radius 2 is 1.81 bits per heavy atom. The number of benzene rings is 1. The van der Waals surface area contributed by atoms with E-state index < -0.39 is 27.9 Å². The first-order valence-corrected chi connectivity index (χ1v) is 14.1. The summed E-state index contributed by atoms with van der Waals surface area (Å²) in [7, 11) is -3.79. The maximum absolute atomic E-state index is 13.1. The van der Waals surface area contributed by atoms with Crippen molar-refractivity contribution in [2.75, 3.05) is 38.1 Å². The molecule has 1 aromatic heterocycles. The molecule has 0 bridgehead atoms. The molecule has 0 saturated carbocycles. The van der Waals surface area contributed by atoms with Crippen LogP contribution in [0.25, 0.3) is 0 Å². The number of ether oxygens (including phenoxy) is 1. The molecule has 0 radical (unpaired) electrons. The Bertz CT molecular complexity index is 1260. The number of piperazine rings is 1. The lowest BCUT2D eigenvalue weighted by atomic mass is 9.88. The number of carbonyl (C=O) groups excluding carboxylic acids is 3. The van der Waals surface area contributed by atoms with Gasteiger partial charge in [0.25, 0.3) is 11.8 Å². The zero-order valence-electron chi connectivity index (χ0n) is 20.3. The van der Waals surface area contributed by atoms with Gasteiger partial charge < -0.3 is 20.7 Å². The summed E-state index contributed by atoms with van der Waals surface area (Å²) < 4.78 is 32.4. The van der Waals surface area contributed by atoms with Gasteiger partial charge in [-0.05, 0) is 61.9 Å². The highest BCUT2D eigenvalue weighted by Crippen LogP contribution is 2.39. The van der Waals surface area contributed by atoms with Crippen molar-refractivity contribution in [1.82, 2.24) is 9.21 Å². The number of fused-ring (bicyclic) bond motifs is 1. The van der Waals surface area contributed by atoms with Gasteiger partial charge in [0, 0.05) is 36.6 Å². The number of nitrogens with two attached hydrogens (primary N) is 1. The van der Waals surface area contributed by atoms with Crippen LogP contribution in [0.15, 0.2) is 29.2 Å². The average molecular weight is 535 g/mol. The number of anilines is 1. The molecule has 1 fully saturated rings. The Balaban J connectivity index is 1.45. The SMILES string of the molecule is CCOC(=O)N1CCN(S(=O)(=O)c2ccc(C(=O)Nc3sc4c(c3C(N)=O)CC[C@@H](C)C4)cc2)CC1. The number of primary amides is 1. The molecule has 1 saturated heterocycles. The van der Waals surface area contributed by atoms with Crippen molar-refractivity contribution in [2.45, 2.75) is 38.0 Å². The summed E-state index contributed by atoms with van der Waals surface area (Å²) in [6, 6.07) is 5.66. The minimum absolute atomic E-state index is 0.0574. The molecule has 10 nitrogen and oxygen atoms in total. The third-order valence-corrected chi connectivity index (χ3v) is 9.59. The van der Waals surface area contributed by atoms with Crippen molar-refractivity contribution in [3.05, 3.63) is 45.8 Å². The number of nitrogens with one attached hydrogen (secondary N) is 1. The van der Waals surface area contributed by atoms with Crippen molar-refractivity contribution in [3.63, 3.8) is 0 Å². The van der Waals surface area contributed by atoms with Gasteiger partial charge in [-0.2, -0.15) is 4.31 Å². The van der Waals surface area contributed by atoms with E-state index in [2.05, 4.69) is 12.2 Å². The van der Waals surface area contributed by atoms with E-state index in [0.717, 1.165) is 29.7 Å². The van der Waals surface area contributed by atoms with E-state index in [9.17, 15) is 22.8 Å². The summed E-state index contributed by atoms with van der Waals surface area (Å²) >= 11 is 1.38. The quantitative estimate of drug-likeness (QED) is 0.584. The minimum Gasteiger partial charge on any atom is -0.450 e. The van der Waals surface area contributed by atoms with Gasteiger partial charge in [0.1, 0.15) is 5.00 Å². The molecular formula is C24H30N4O6S2. The van der Waals surface area contributed by atoms with E-state index in [1.807, 2.05) is 0 Å². The molecule has 2 aliphatic rings. The first kappa shape index (κ1) is 26.1. The van der Waals surface area contributed by atoms with Crippen LogP contribution >= 0.6 is 11.3 Å². The lowest BCUT2D eigenvalue weighted by Gasteiger charge is -2.33. The molecule has 1 aliphatic carbocycles. The van der Waals surface area contributed by atoms with Crippen molar-refractivity contribution in [3.8, 4) is 0 Å². The van der Waals surface area contributed by atoms with E-state index in [1.165, 1.54) is 44.8 Å². The van der Waals surface area contributed by atoms with Crippen LogP contribution in [-0.4, -0.2) is 68.3 Å². The van der Waals surface area contributed by atoms with Crippen LogP contribution < -0.4 is 11.1 Å². The number of hydrogen-bond donors (Lipinski definition) is 2. The van der Waals surface area contributed by atoms with Gasteiger partial charge in [0.05, 0.1) is 17.1 Å². The highest BCUT2D eigenvalue weighted by atomic mass is 32.2. The fourth-order valence-corrected chi connectivity index (χ4v) is 7.36. The Hall–Kier alpha value is -2.96. The fourth-order valence-electron chi connectivity index (χ4n) is 4.53. The smallest absolute Gasteiger partial charge is 0.409 e. The topological polar surface area (TPSA) is 139 Å². The largest absolute Gasteiger partial charge is 0.450 e. The number of hydrogen-bond acceptors (Lipinski definition) is 7. The predicted molar refractivity (Wildman–Crippen MR) is 136 cm³/mol. The molecule has 0 spiro atoms. The van der Waals surface area contributed by atoms with E-state index in [1.54, 1.807) is 6.92 Å². The molecule has 2 heterocycles. The maximum Gasteiger partial charge on any atom is 0.409 e. The molecule has 1 atom stereocenters. The number of sulfonamides is 1. The van der Waals surface area contributed by atoms with Crippen LogP contribution in [0.2, 0.25) is 0 Å². The number of carbonyl (C=O) groups is 3. The first-order valence-electron chi connectivity index (χ1n) is 11.9. The second-order valence-electron chi connectivity index (χ2n) is 8.99. The van der Waals surface area contributed by atoms with Crippen LogP contribution in [0, 0.1) is 5.92 Å². The van der Waals surface area contributed by atoms with Crippen LogP contribution in [-0.2, 0) is 27.6 Å². The van der Waals surface area contributed by atoms with Crippen LogP contribution in [0.1, 0.15) is 51.4 Å². The van der Waals surface area contributed by atoms with Crippen LogP contribution in [0.4, 0.5) is 9.80 Å². The van der Waals surface area contributed by atoms with Crippen molar-refractivity contribution in [1.29, 1.82) is 0 Å². The normalized spacial score (nSPS) is 18.4. The number of nitrogens with zero attached hydrogens (tertiary/aromatic N) is 2. The third-order valence-electron chi connectivity index (χ3n) is 6.50. The van der Waals surface area contributed by atoms with Gasteiger partial charge in [-0.25, -0.2) is 13.2 Å². The van der Waals surface area contributed by atoms with Gasteiger partial charge in [-0.3, -0.25) is 9.59 Å². The standard InChI is InChI=1S/C24H30N4O6S2/c1-3-34-24(31)27-10-12-28(13-11-27)36(32,33)17-7-5-16(6-8-17)22(30)26-23-20(21(25)29)18-9-4-15(2)14-19(18)35-23/h5-8,15H,3-4,9-14H2,1-2H3,(H2,25,29)(H,26,30)/t15-/m1/s1. The highest BCUT2D eigenvalue weighted by Gasteiger charge is 2.31. The van der Waals surface area contributed by atoms with E-state index in [0.29, 0.717) is 16.5 Å². The number of rotatable bonds is 6. The third kappa shape index (κ3) is 5.25. The summed E-state index contributed by atoms with van der Waals surface area (Å²) in [4.78, 5) is 39.5. The minimum atomic E-state index is -3.79. The van der Waals surface area contributed by atoms with Crippen LogP contribution in [0.3, 0.4) is 0 Å². The Morgan fingerprint density at radius 1 is 1.14 bits per heavy atom. The van der Waals surface area contributed by atoms with Gasteiger partial charge in [0.2, 0.25) is 10.0 Å². The van der Waals surface area contributed by atoms with E-state index in [4.69, 9.17) is 10.5 Å². The summed E-state index contributed by atoms with van der Waals surface area (Å²) in [5, 5.41) is 3.23. The molecule has 1 aromatic carbocycles. The van der Waals surface area contributed by atoms with Crippen molar-refractivity contribution in [2.24, 2.45) is 11.7 Å². The molecule has 4 rings (SSSR count). The second kappa shape index (κ2) is 10.6. The molecule has 3 N–H and O–H groups in total. The summed E-state index contributed by atoms with van der Waals surface area (Å²) in [6.07, 6.45) is 2.11. The van der Waals surface area contributed by atoms with Crippen molar-refractivity contribution < 1.29 is 27.5 Å². The molecule has 194 valence electrons. The maximum atomic E-state index is 13.1. The molecule has 2 aromatic rings. The molecule has 36 heavy (non-hydrogen) atoms. The zero-order chi connectivity index (χ0) is 26.0. The number of thiophene rings is 1. The Kier molecular flexibility index (Phi) is 7.67. The van der Waals surface area contributed by atoms with Gasteiger partial charge >= 0.3 is 6.09 Å². The summed E-state index contributed by atoms with van der Waals surface area (Å²) in [6.45, 7) is 4.92. The summed E-state index contributed by atoms with van der Waals surface area (Å²) in [5.41, 5.74) is 7.18.